The Kier molecular flexibility index (Phi) is 8.82. The van der Waals surface area contributed by atoms with Crippen LogP contribution >= 0.6 is 0 Å². The molecule has 3 rings (SSSR count). The predicted octanol–water partition coefficient (Wildman–Crippen LogP) is 7.62. The highest BCUT2D eigenvalue weighted by atomic mass is 14.4. The Hall–Kier alpha value is -0.520. The summed E-state index contributed by atoms with van der Waals surface area (Å²) in [6.07, 6.45) is 12.0. The zero-order valence-corrected chi connectivity index (χ0v) is 17.9. The lowest BCUT2D eigenvalue weighted by Crippen LogP contribution is -2.09. The van der Waals surface area contributed by atoms with E-state index in [0.717, 1.165) is 53.3 Å². The molecule has 0 saturated heterocycles. The Morgan fingerprint density at radius 1 is 0.625 bits per heavy atom. The third kappa shape index (κ3) is 5.78. The molecule has 0 aromatic carbocycles. The summed E-state index contributed by atoms with van der Waals surface area (Å²) in [6.45, 7) is 20.9. The van der Waals surface area contributed by atoms with Crippen LogP contribution in [-0.4, -0.2) is 0 Å². The molecule has 0 bridgehead atoms. The van der Waals surface area contributed by atoms with E-state index >= 15 is 0 Å². The van der Waals surface area contributed by atoms with Gasteiger partial charge in [-0.05, 0) is 66.1 Å². The van der Waals surface area contributed by atoms with Crippen LogP contribution in [0.15, 0.2) is 24.3 Å². The Balaban J connectivity index is 0.000000198. The van der Waals surface area contributed by atoms with Crippen LogP contribution in [0.25, 0.3) is 0 Å². The molecule has 0 radical (unpaired) electrons. The molecule has 3 atom stereocenters. The van der Waals surface area contributed by atoms with Crippen molar-refractivity contribution in [3.05, 3.63) is 24.3 Å². The third-order valence-electron chi connectivity index (χ3n) is 7.06. The SMILES string of the molecule is CC(C)C.CC1C(C)C(C)C(C)C1C.CC1CCC2C=CC=CC12. The van der Waals surface area contributed by atoms with E-state index in [1.807, 2.05) is 0 Å². The maximum absolute atomic E-state index is 2.40. The lowest BCUT2D eigenvalue weighted by Gasteiger charge is -2.18. The second-order valence-corrected chi connectivity index (χ2v) is 9.59. The lowest BCUT2D eigenvalue weighted by molar-refractivity contribution is 0.352. The zero-order valence-electron chi connectivity index (χ0n) is 17.9. The maximum Gasteiger partial charge on any atom is -0.0142 e. The van der Waals surface area contributed by atoms with Crippen LogP contribution in [0.1, 0.15) is 75.2 Å². The number of allylic oxidation sites excluding steroid dienone is 4. The summed E-state index contributed by atoms with van der Waals surface area (Å²) in [5, 5.41) is 0. The minimum absolute atomic E-state index is 0.833. The summed E-state index contributed by atoms with van der Waals surface area (Å²) < 4.78 is 0. The molecule has 24 heavy (non-hydrogen) atoms. The second-order valence-electron chi connectivity index (χ2n) is 9.59. The van der Waals surface area contributed by atoms with Crippen molar-refractivity contribution in [2.75, 3.05) is 0 Å². The number of fused-ring (bicyclic) bond motifs is 1. The van der Waals surface area contributed by atoms with E-state index in [4.69, 9.17) is 0 Å². The van der Waals surface area contributed by atoms with Crippen LogP contribution in [0.2, 0.25) is 0 Å². The summed E-state index contributed by atoms with van der Waals surface area (Å²) in [5.41, 5.74) is 0. The smallest absolute Gasteiger partial charge is 0.0142 e. The van der Waals surface area contributed by atoms with E-state index in [-0.39, 0.29) is 0 Å². The van der Waals surface area contributed by atoms with Crippen LogP contribution in [0, 0.1) is 53.3 Å². The summed E-state index contributed by atoms with van der Waals surface area (Å²) >= 11 is 0. The fraction of sp³-hybridized carbons (Fsp3) is 0.833. The first kappa shape index (κ1) is 21.5. The standard InChI is InChI=1S/C10H14.C10H20.C4H10/c1-8-6-7-9-4-2-3-5-10(8)9;1-6-7(2)9(4)10(5)8(6)3;1-4(2)3/h2-5,8-10H,6-7H2,1H3;6-10H,1-5H3;4H,1-3H3. The normalized spacial score (nSPS) is 42.9. The van der Waals surface area contributed by atoms with Gasteiger partial charge in [0.1, 0.15) is 0 Å². The van der Waals surface area contributed by atoms with Gasteiger partial charge < -0.3 is 0 Å². The minimum Gasteiger partial charge on any atom is -0.0808 e. The summed E-state index contributed by atoms with van der Waals surface area (Å²) in [5.74, 6) is 8.17. The van der Waals surface area contributed by atoms with E-state index in [0.29, 0.717) is 0 Å². The molecule has 2 saturated carbocycles. The van der Waals surface area contributed by atoms with Gasteiger partial charge in [-0.1, -0.05) is 86.6 Å². The molecule has 0 aromatic rings. The highest BCUT2D eigenvalue weighted by Gasteiger charge is 2.38. The van der Waals surface area contributed by atoms with Crippen molar-refractivity contribution in [2.45, 2.75) is 75.2 Å². The van der Waals surface area contributed by atoms with E-state index in [2.05, 4.69) is 86.6 Å². The first-order chi connectivity index (χ1) is 11.2. The quantitative estimate of drug-likeness (QED) is 0.428. The highest BCUT2D eigenvalue weighted by Crippen LogP contribution is 2.44. The predicted molar refractivity (Wildman–Crippen MR) is 110 cm³/mol. The van der Waals surface area contributed by atoms with Crippen LogP contribution < -0.4 is 0 Å². The number of hydrogen-bond acceptors (Lipinski definition) is 0. The molecule has 0 heteroatoms. The van der Waals surface area contributed by atoms with Crippen LogP contribution in [0.4, 0.5) is 0 Å². The molecule has 3 aliphatic carbocycles. The van der Waals surface area contributed by atoms with Crippen LogP contribution in [0.5, 0.6) is 0 Å². The average Bonchev–Trinajstić information content (AvgIpc) is 2.99. The summed E-state index contributed by atoms with van der Waals surface area (Å²) in [4.78, 5) is 0. The average molecular weight is 333 g/mol. The summed E-state index contributed by atoms with van der Waals surface area (Å²) in [6, 6.07) is 0. The van der Waals surface area contributed by atoms with Gasteiger partial charge in [-0.25, -0.2) is 0 Å². The fourth-order valence-corrected chi connectivity index (χ4v) is 4.61. The summed E-state index contributed by atoms with van der Waals surface area (Å²) in [7, 11) is 0. The zero-order chi connectivity index (χ0) is 18.4. The van der Waals surface area contributed by atoms with Crippen molar-refractivity contribution >= 4 is 0 Å². The van der Waals surface area contributed by atoms with Crippen molar-refractivity contribution in [3.8, 4) is 0 Å². The molecule has 3 unspecified atom stereocenters. The third-order valence-corrected chi connectivity index (χ3v) is 7.06. The molecule has 0 nitrogen and oxygen atoms in total. The van der Waals surface area contributed by atoms with Crippen molar-refractivity contribution < 1.29 is 0 Å². The highest BCUT2D eigenvalue weighted by molar-refractivity contribution is 5.16. The van der Waals surface area contributed by atoms with Gasteiger partial charge in [0, 0.05) is 0 Å². The van der Waals surface area contributed by atoms with Gasteiger partial charge in [0.2, 0.25) is 0 Å². The second kappa shape index (κ2) is 9.83. The van der Waals surface area contributed by atoms with Gasteiger partial charge in [0.25, 0.3) is 0 Å². The van der Waals surface area contributed by atoms with Crippen molar-refractivity contribution in [3.63, 3.8) is 0 Å². The fourth-order valence-electron chi connectivity index (χ4n) is 4.61. The van der Waals surface area contributed by atoms with Crippen molar-refractivity contribution in [1.82, 2.24) is 0 Å². The molecule has 0 aromatic heterocycles. The first-order valence-corrected chi connectivity index (χ1v) is 10.5. The van der Waals surface area contributed by atoms with E-state index < -0.39 is 0 Å². The van der Waals surface area contributed by atoms with Gasteiger partial charge in [-0.15, -0.1) is 0 Å². The Morgan fingerprint density at radius 2 is 1.00 bits per heavy atom. The van der Waals surface area contributed by atoms with Gasteiger partial charge in [-0.3, -0.25) is 0 Å². The lowest BCUT2D eigenvalue weighted by atomic mass is 9.87. The Morgan fingerprint density at radius 3 is 1.38 bits per heavy atom. The molecule has 140 valence electrons. The molecule has 0 amide bonds. The number of hydrogen-bond donors (Lipinski definition) is 0. The van der Waals surface area contributed by atoms with Gasteiger partial charge in [0.05, 0.1) is 0 Å². The molecule has 0 spiro atoms. The maximum atomic E-state index is 2.40. The molecular formula is C24H44. The van der Waals surface area contributed by atoms with Gasteiger partial charge >= 0.3 is 0 Å². The minimum atomic E-state index is 0.833. The van der Waals surface area contributed by atoms with Crippen molar-refractivity contribution in [1.29, 1.82) is 0 Å². The van der Waals surface area contributed by atoms with E-state index in [9.17, 15) is 0 Å². The molecule has 0 heterocycles. The molecule has 0 aliphatic heterocycles. The topological polar surface area (TPSA) is 0 Å². The van der Waals surface area contributed by atoms with Crippen molar-refractivity contribution in [2.24, 2.45) is 53.3 Å². The first-order valence-electron chi connectivity index (χ1n) is 10.5. The van der Waals surface area contributed by atoms with Crippen LogP contribution in [-0.2, 0) is 0 Å². The Labute approximate surface area is 153 Å². The largest absolute Gasteiger partial charge is 0.0808 e. The molecular weight excluding hydrogens is 288 g/mol. The van der Waals surface area contributed by atoms with Crippen LogP contribution in [0.3, 0.4) is 0 Å². The molecule has 3 aliphatic rings. The Bertz CT molecular complexity index is 355. The van der Waals surface area contributed by atoms with Gasteiger partial charge in [-0.2, -0.15) is 0 Å². The monoisotopic (exact) mass is 332 g/mol. The molecule has 2 fully saturated rings. The van der Waals surface area contributed by atoms with Gasteiger partial charge in [0.15, 0.2) is 0 Å². The van der Waals surface area contributed by atoms with E-state index in [1.165, 1.54) is 12.8 Å². The number of rotatable bonds is 0. The van der Waals surface area contributed by atoms with E-state index in [1.54, 1.807) is 0 Å². The molecule has 0 N–H and O–H groups in total.